The zero-order valence-corrected chi connectivity index (χ0v) is 15.3. The first kappa shape index (κ1) is 18.4. The van der Waals surface area contributed by atoms with Gasteiger partial charge in [0.05, 0.1) is 12.1 Å². The van der Waals surface area contributed by atoms with E-state index in [1.54, 1.807) is 36.4 Å². The van der Waals surface area contributed by atoms with Gasteiger partial charge in [-0.3, -0.25) is 14.4 Å². The van der Waals surface area contributed by atoms with Crippen molar-refractivity contribution in [2.45, 2.75) is 20.3 Å². The van der Waals surface area contributed by atoms with E-state index in [2.05, 4.69) is 15.6 Å². The molecule has 0 atom stereocenters. The standard InChI is InChI=1S/C21H21N3O3/c1-3-16-13(2)17-10-9-15(11-18(17)24-21(16)27)23-19(25)12-22-20(26)14-7-5-4-6-8-14/h4-11H,3,12H2,1-2H3,(H,22,26)(H,23,25)(H,24,27). The predicted molar refractivity (Wildman–Crippen MR) is 106 cm³/mol. The quantitative estimate of drug-likeness (QED) is 0.651. The van der Waals surface area contributed by atoms with Crippen molar-refractivity contribution in [1.29, 1.82) is 0 Å². The van der Waals surface area contributed by atoms with Gasteiger partial charge >= 0.3 is 0 Å². The molecular formula is C21H21N3O3. The van der Waals surface area contributed by atoms with Crippen LogP contribution in [-0.4, -0.2) is 23.3 Å². The number of pyridine rings is 1. The molecule has 0 aliphatic heterocycles. The zero-order chi connectivity index (χ0) is 19.4. The molecule has 27 heavy (non-hydrogen) atoms. The van der Waals surface area contributed by atoms with Crippen LogP contribution in [0.4, 0.5) is 5.69 Å². The van der Waals surface area contributed by atoms with E-state index >= 15 is 0 Å². The van der Waals surface area contributed by atoms with Crippen molar-refractivity contribution in [3.05, 3.63) is 75.6 Å². The Balaban J connectivity index is 1.70. The van der Waals surface area contributed by atoms with Crippen LogP contribution in [-0.2, 0) is 11.2 Å². The van der Waals surface area contributed by atoms with Gasteiger partial charge in [-0.15, -0.1) is 0 Å². The average Bonchev–Trinajstić information content (AvgIpc) is 2.67. The molecule has 0 fully saturated rings. The Morgan fingerprint density at radius 3 is 2.52 bits per heavy atom. The number of nitrogens with one attached hydrogen (secondary N) is 3. The minimum atomic E-state index is -0.345. The molecule has 0 bridgehead atoms. The number of rotatable bonds is 5. The lowest BCUT2D eigenvalue weighted by Gasteiger charge is -2.10. The Kier molecular flexibility index (Phi) is 5.35. The minimum absolute atomic E-state index is 0.110. The third kappa shape index (κ3) is 4.06. The van der Waals surface area contributed by atoms with Crippen molar-refractivity contribution in [1.82, 2.24) is 10.3 Å². The molecule has 0 saturated carbocycles. The lowest BCUT2D eigenvalue weighted by Crippen LogP contribution is -2.32. The first-order valence-corrected chi connectivity index (χ1v) is 8.78. The molecule has 6 nitrogen and oxygen atoms in total. The van der Waals surface area contributed by atoms with Crippen LogP contribution in [0.25, 0.3) is 10.9 Å². The van der Waals surface area contributed by atoms with Gasteiger partial charge in [0, 0.05) is 22.2 Å². The largest absolute Gasteiger partial charge is 0.343 e. The monoisotopic (exact) mass is 363 g/mol. The van der Waals surface area contributed by atoms with E-state index in [9.17, 15) is 14.4 Å². The van der Waals surface area contributed by atoms with Gasteiger partial charge in [-0.1, -0.05) is 31.2 Å². The summed E-state index contributed by atoms with van der Waals surface area (Å²) in [6.45, 7) is 3.73. The highest BCUT2D eigenvalue weighted by Gasteiger charge is 2.10. The minimum Gasteiger partial charge on any atom is -0.343 e. The van der Waals surface area contributed by atoms with Gasteiger partial charge in [0.2, 0.25) is 5.91 Å². The number of amides is 2. The molecule has 0 spiro atoms. The first-order chi connectivity index (χ1) is 13.0. The predicted octanol–water partition coefficient (Wildman–Crippen LogP) is 2.77. The molecule has 0 unspecified atom stereocenters. The zero-order valence-electron chi connectivity index (χ0n) is 15.3. The van der Waals surface area contributed by atoms with Gasteiger partial charge in [0.1, 0.15) is 0 Å². The average molecular weight is 363 g/mol. The normalized spacial score (nSPS) is 10.6. The number of hydrogen-bond acceptors (Lipinski definition) is 3. The molecule has 0 aliphatic carbocycles. The topological polar surface area (TPSA) is 91.1 Å². The van der Waals surface area contributed by atoms with E-state index < -0.39 is 0 Å². The van der Waals surface area contributed by atoms with Crippen molar-refractivity contribution in [3.8, 4) is 0 Å². The smallest absolute Gasteiger partial charge is 0.251 e. The Hall–Kier alpha value is -3.41. The maximum Gasteiger partial charge on any atom is 0.251 e. The molecule has 1 heterocycles. The van der Waals surface area contributed by atoms with Gasteiger partial charge in [0.25, 0.3) is 11.5 Å². The van der Waals surface area contributed by atoms with Crippen molar-refractivity contribution < 1.29 is 9.59 Å². The van der Waals surface area contributed by atoms with E-state index in [0.717, 1.165) is 16.5 Å². The lowest BCUT2D eigenvalue weighted by molar-refractivity contribution is -0.115. The summed E-state index contributed by atoms with van der Waals surface area (Å²) in [5.74, 6) is -0.654. The highest BCUT2D eigenvalue weighted by molar-refractivity contribution is 6.00. The summed E-state index contributed by atoms with van der Waals surface area (Å²) < 4.78 is 0. The third-order valence-electron chi connectivity index (χ3n) is 4.48. The molecule has 6 heteroatoms. The fraction of sp³-hybridized carbons (Fsp3) is 0.190. The van der Waals surface area contributed by atoms with Crippen LogP contribution in [0.5, 0.6) is 0 Å². The lowest BCUT2D eigenvalue weighted by atomic mass is 10.0. The van der Waals surface area contributed by atoms with Crippen LogP contribution in [0.3, 0.4) is 0 Å². The number of carbonyl (C=O) groups excluding carboxylic acids is 2. The summed E-state index contributed by atoms with van der Waals surface area (Å²) in [6, 6.07) is 14.1. The van der Waals surface area contributed by atoms with Gasteiger partial charge in [0.15, 0.2) is 0 Å². The summed E-state index contributed by atoms with van der Waals surface area (Å²) in [7, 11) is 0. The number of anilines is 1. The first-order valence-electron chi connectivity index (χ1n) is 8.78. The number of carbonyl (C=O) groups is 2. The Bertz CT molecular complexity index is 1060. The highest BCUT2D eigenvalue weighted by Crippen LogP contribution is 2.21. The van der Waals surface area contributed by atoms with Gasteiger partial charge in [-0.2, -0.15) is 0 Å². The Morgan fingerprint density at radius 1 is 1.07 bits per heavy atom. The van der Waals surface area contributed by atoms with Crippen molar-refractivity contribution in [3.63, 3.8) is 0 Å². The third-order valence-corrected chi connectivity index (χ3v) is 4.48. The number of H-pyrrole nitrogens is 1. The number of benzene rings is 2. The van der Waals surface area contributed by atoms with Crippen LogP contribution < -0.4 is 16.2 Å². The molecule has 2 aromatic carbocycles. The molecule has 0 saturated heterocycles. The second-order valence-corrected chi connectivity index (χ2v) is 6.27. The summed E-state index contributed by atoms with van der Waals surface area (Å²) in [5.41, 5.74) is 3.32. The fourth-order valence-electron chi connectivity index (χ4n) is 3.07. The summed E-state index contributed by atoms with van der Waals surface area (Å²) in [6.07, 6.45) is 0.663. The second kappa shape index (κ2) is 7.86. The van der Waals surface area contributed by atoms with Crippen LogP contribution in [0, 0.1) is 6.92 Å². The molecule has 3 N–H and O–H groups in total. The van der Waals surface area contributed by atoms with Crippen molar-refractivity contribution >= 4 is 28.4 Å². The van der Waals surface area contributed by atoms with E-state index in [0.29, 0.717) is 23.2 Å². The molecule has 0 aliphatic rings. The van der Waals surface area contributed by atoms with E-state index in [1.807, 2.05) is 26.0 Å². The molecule has 0 radical (unpaired) electrons. The number of fused-ring (bicyclic) bond motifs is 1. The Labute approximate surface area is 156 Å². The molecular weight excluding hydrogens is 342 g/mol. The summed E-state index contributed by atoms with van der Waals surface area (Å²) in [4.78, 5) is 39.1. The SMILES string of the molecule is CCc1c(C)c2ccc(NC(=O)CNC(=O)c3ccccc3)cc2[nH]c1=O. The number of hydrogen-bond donors (Lipinski definition) is 3. The fourth-order valence-corrected chi connectivity index (χ4v) is 3.07. The van der Waals surface area contributed by atoms with E-state index in [1.165, 1.54) is 0 Å². The number of aryl methyl sites for hydroxylation is 1. The Morgan fingerprint density at radius 2 is 1.81 bits per heavy atom. The molecule has 2 amide bonds. The summed E-state index contributed by atoms with van der Waals surface area (Å²) >= 11 is 0. The molecule has 138 valence electrons. The van der Waals surface area contributed by atoms with Crippen LogP contribution in [0.2, 0.25) is 0 Å². The summed E-state index contributed by atoms with van der Waals surface area (Å²) in [5, 5.41) is 6.26. The van der Waals surface area contributed by atoms with Crippen molar-refractivity contribution in [2.24, 2.45) is 0 Å². The van der Waals surface area contributed by atoms with Crippen LogP contribution in [0.1, 0.15) is 28.4 Å². The molecule has 1 aromatic heterocycles. The molecule has 3 rings (SSSR count). The van der Waals surface area contributed by atoms with Gasteiger partial charge in [-0.05, 0) is 43.2 Å². The molecule has 3 aromatic rings. The number of aromatic nitrogens is 1. The van der Waals surface area contributed by atoms with Crippen LogP contribution in [0.15, 0.2) is 53.3 Å². The second-order valence-electron chi connectivity index (χ2n) is 6.27. The van der Waals surface area contributed by atoms with E-state index in [4.69, 9.17) is 0 Å². The highest BCUT2D eigenvalue weighted by atomic mass is 16.2. The number of aromatic amines is 1. The van der Waals surface area contributed by atoms with Gasteiger partial charge < -0.3 is 15.6 Å². The maximum atomic E-state index is 12.1. The van der Waals surface area contributed by atoms with E-state index in [-0.39, 0.29) is 23.9 Å². The van der Waals surface area contributed by atoms with Crippen molar-refractivity contribution in [2.75, 3.05) is 11.9 Å². The van der Waals surface area contributed by atoms with Crippen LogP contribution >= 0.6 is 0 Å². The van der Waals surface area contributed by atoms with Gasteiger partial charge in [-0.25, -0.2) is 0 Å². The maximum absolute atomic E-state index is 12.1.